The molecule has 1 aliphatic carbocycles. The molecule has 0 atom stereocenters. The first kappa shape index (κ1) is 15.0. The van der Waals surface area contributed by atoms with Crippen LogP contribution in [0.5, 0.6) is 5.75 Å². The molecule has 0 saturated heterocycles. The molecule has 1 saturated carbocycles. The highest BCUT2D eigenvalue weighted by molar-refractivity contribution is 5.30. The van der Waals surface area contributed by atoms with Crippen LogP contribution < -0.4 is 4.74 Å². The zero-order valence-electron chi connectivity index (χ0n) is 13.1. The van der Waals surface area contributed by atoms with Crippen LogP contribution in [0.15, 0.2) is 28.8 Å². The predicted octanol–water partition coefficient (Wildman–Crippen LogP) is 3.53. The second-order valence-electron chi connectivity index (χ2n) is 6.40. The van der Waals surface area contributed by atoms with Gasteiger partial charge in [0.05, 0.1) is 5.60 Å². The lowest BCUT2D eigenvalue weighted by Crippen LogP contribution is -2.14. The molecule has 1 N–H and O–H groups in total. The maximum Gasteiger partial charge on any atom is 0.264 e. The summed E-state index contributed by atoms with van der Waals surface area (Å²) in [6.07, 6.45) is 4.80. The normalized spacial score (nSPS) is 16.1. The second-order valence-corrected chi connectivity index (χ2v) is 6.40. The molecular weight excluding hydrogens is 280 g/mol. The standard InChI is InChI=1S/C17H22N2O3/c1-17(2,20)13-7-9-14(10-8-13)21-11-15-18-16(19-22-15)12-5-3-4-6-12/h7-10,12,20H,3-6,11H2,1-2H3. The van der Waals surface area contributed by atoms with E-state index >= 15 is 0 Å². The van der Waals surface area contributed by atoms with E-state index in [0.717, 1.165) is 24.2 Å². The van der Waals surface area contributed by atoms with Crippen LogP contribution in [-0.4, -0.2) is 15.2 Å². The van der Waals surface area contributed by atoms with Gasteiger partial charge in [-0.25, -0.2) is 0 Å². The van der Waals surface area contributed by atoms with Crippen molar-refractivity contribution < 1.29 is 14.4 Å². The van der Waals surface area contributed by atoms with Gasteiger partial charge in [0.15, 0.2) is 12.4 Å². The van der Waals surface area contributed by atoms with Gasteiger partial charge in [0.2, 0.25) is 0 Å². The third kappa shape index (κ3) is 3.47. The molecule has 1 fully saturated rings. The maximum atomic E-state index is 9.92. The number of aliphatic hydroxyl groups is 1. The fraction of sp³-hybridized carbons (Fsp3) is 0.529. The Bertz CT molecular complexity index is 608. The summed E-state index contributed by atoms with van der Waals surface area (Å²) in [6.45, 7) is 3.78. The highest BCUT2D eigenvalue weighted by atomic mass is 16.5. The summed E-state index contributed by atoms with van der Waals surface area (Å²) >= 11 is 0. The van der Waals surface area contributed by atoms with Crippen molar-refractivity contribution in [2.45, 2.75) is 57.7 Å². The Morgan fingerprint density at radius 1 is 1.23 bits per heavy atom. The summed E-state index contributed by atoms with van der Waals surface area (Å²) in [6, 6.07) is 7.38. The number of nitrogens with zero attached hydrogens (tertiary/aromatic N) is 2. The molecule has 3 rings (SSSR count). The Labute approximate surface area is 130 Å². The molecule has 0 unspecified atom stereocenters. The monoisotopic (exact) mass is 302 g/mol. The van der Waals surface area contributed by atoms with Gasteiger partial charge in [-0.3, -0.25) is 0 Å². The van der Waals surface area contributed by atoms with Crippen molar-refractivity contribution in [2.24, 2.45) is 0 Å². The van der Waals surface area contributed by atoms with Gasteiger partial charge in [0.1, 0.15) is 5.75 Å². The molecule has 1 aliphatic rings. The van der Waals surface area contributed by atoms with Gasteiger partial charge in [0.25, 0.3) is 5.89 Å². The molecule has 5 nitrogen and oxygen atoms in total. The Hall–Kier alpha value is -1.88. The molecule has 0 amide bonds. The topological polar surface area (TPSA) is 68.4 Å². The molecule has 118 valence electrons. The first-order chi connectivity index (χ1) is 10.5. The van der Waals surface area contributed by atoms with E-state index in [4.69, 9.17) is 9.26 Å². The van der Waals surface area contributed by atoms with Crippen LogP contribution in [0.25, 0.3) is 0 Å². The van der Waals surface area contributed by atoms with Gasteiger partial charge in [-0.15, -0.1) is 0 Å². The Balaban J connectivity index is 1.58. The van der Waals surface area contributed by atoms with Crippen LogP contribution >= 0.6 is 0 Å². The fourth-order valence-electron chi connectivity index (χ4n) is 2.78. The first-order valence-corrected chi connectivity index (χ1v) is 7.80. The molecule has 0 bridgehead atoms. The van der Waals surface area contributed by atoms with Crippen molar-refractivity contribution in [3.05, 3.63) is 41.5 Å². The average molecular weight is 302 g/mol. The highest BCUT2D eigenvalue weighted by Crippen LogP contribution is 2.32. The summed E-state index contributed by atoms with van der Waals surface area (Å²) < 4.78 is 10.9. The SMILES string of the molecule is CC(C)(O)c1ccc(OCc2nc(C3CCCC3)no2)cc1. The molecule has 1 heterocycles. The van der Waals surface area contributed by atoms with Gasteiger partial charge in [0, 0.05) is 5.92 Å². The lowest BCUT2D eigenvalue weighted by Gasteiger charge is -2.17. The second kappa shape index (κ2) is 6.08. The van der Waals surface area contributed by atoms with E-state index in [-0.39, 0.29) is 6.61 Å². The zero-order valence-corrected chi connectivity index (χ0v) is 13.1. The summed E-state index contributed by atoms with van der Waals surface area (Å²) in [7, 11) is 0. The molecule has 0 radical (unpaired) electrons. The van der Waals surface area contributed by atoms with Crippen molar-refractivity contribution in [3.63, 3.8) is 0 Å². The molecular formula is C17H22N2O3. The summed E-state index contributed by atoms with van der Waals surface area (Å²) in [4.78, 5) is 4.42. The number of ether oxygens (including phenoxy) is 1. The van der Waals surface area contributed by atoms with Crippen LogP contribution in [0.4, 0.5) is 0 Å². The third-order valence-corrected chi connectivity index (χ3v) is 4.13. The Kier molecular flexibility index (Phi) is 4.16. The van der Waals surface area contributed by atoms with Crippen molar-refractivity contribution in [2.75, 3.05) is 0 Å². The highest BCUT2D eigenvalue weighted by Gasteiger charge is 2.22. The van der Waals surface area contributed by atoms with E-state index in [1.165, 1.54) is 12.8 Å². The molecule has 0 spiro atoms. The lowest BCUT2D eigenvalue weighted by molar-refractivity contribution is 0.0785. The summed E-state index contributed by atoms with van der Waals surface area (Å²) in [5, 5.41) is 14.0. The van der Waals surface area contributed by atoms with E-state index in [1.807, 2.05) is 24.3 Å². The minimum Gasteiger partial charge on any atom is -0.484 e. The quantitative estimate of drug-likeness (QED) is 0.915. The van der Waals surface area contributed by atoms with Crippen LogP contribution in [-0.2, 0) is 12.2 Å². The van der Waals surface area contributed by atoms with Gasteiger partial charge in [-0.2, -0.15) is 4.98 Å². The molecule has 5 heteroatoms. The maximum absolute atomic E-state index is 9.92. The average Bonchev–Trinajstić information content (AvgIpc) is 3.15. The van der Waals surface area contributed by atoms with Crippen LogP contribution in [0.3, 0.4) is 0 Å². The third-order valence-electron chi connectivity index (χ3n) is 4.13. The minimum absolute atomic E-state index is 0.265. The number of rotatable bonds is 5. The number of benzene rings is 1. The van der Waals surface area contributed by atoms with Crippen LogP contribution in [0, 0.1) is 0 Å². The summed E-state index contributed by atoms with van der Waals surface area (Å²) in [5.74, 6) is 2.49. The first-order valence-electron chi connectivity index (χ1n) is 7.80. The zero-order chi connectivity index (χ0) is 15.6. The Morgan fingerprint density at radius 2 is 1.91 bits per heavy atom. The molecule has 0 aliphatic heterocycles. The van der Waals surface area contributed by atoms with Crippen LogP contribution in [0.2, 0.25) is 0 Å². The molecule has 22 heavy (non-hydrogen) atoms. The predicted molar refractivity (Wildman–Crippen MR) is 81.5 cm³/mol. The van der Waals surface area contributed by atoms with E-state index in [1.54, 1.807) is 13.8 Å². The van der Waals surface area contributed by atoms with E-state index < -0.39 is 5.60 Å². The lowest BCUT2D eigenvalue weighted by atomic mass is 9.99. The fourth-order valence-corrected chi connectivity index (χ4v) is 2.78. The number of hydrogen-bond donors (Lipinski definition) is 1. The van der Waals surface area contributed by atoms with Gasteiger partial charge < -0.3 is 14.4 Å². The summed E-state index contributed by atoms with van der Waals surface area (Å²) in [5.41, 5.74) is 0.00226. The van der Waals surface area contributed by atoms with Gasteiger partial charge in [-0.1, -0.05) is 30.1 Å². The van der Waals surface area contributed by atoms with Gasteiger partial charge in [-0.05, 0) is 44.4 Å². The van der Waals surface area contributed by atoms with E-state index in [0.29, 0.717) is 17.6 Å². The largest absolute Gasteiger partial charge is 0.484 e. The van der Waals surface area contributed by atoms with Crippen molar-refractivity contribution in [1.82, 2.24) is 10.1 Å². The van der Waals surface area contributed by atoms with Crippen molar-refractivity contribution >= 4 is 0 Å². The molecule has 1 aromatic carbocycles. The smallest absolute Gasteiger partial charge is 0.264 e. The van der Waals surface area contributed by atoms with E-state index in [9.17, 15) is 5.11 Å². The van der Waals surface area contributed by atoms with Crippen molar-refractivity contribution in [3.8, 4) is 5.75 Å². The molecule has 2 aromatic rings. The van der Waals surface area contributed by atoms with Crippen LogP contribution in [0.1, 0.15) is 62.7 Å². The molecule has 1 aromatic heterocycles. The van der Waals surface area contributed by atoms with E-state index in [2.05, 4.69) is 10.1 Å². The number of aromatic nitrogens is 2. The minimum atomic E-state index is -0.846. The van der Waals surface area contributed by atoms with Gasteiger partial charge >= 0.3 is 0 Å². The number of hydrogen-bond acceptors (Lipinski definition) is 5. The van der Waals surface area contributed by atoms with Crippen molar-refractivity contribution in [1.29, 1.82) is 0 Å². The Morgan fingerprint density at radius 3 is 2.55 bits per heavy atom.